The maximum absolute atomic E-state index is 11.6. The van der Waals surface area contributed by atoms with Gasteiger partial charge in [-0.3, -0.25) is 9.59 Å². The van der Waals surface area contributed by atoms with Crippen LogP contribution in [0.25, 0.3) is 10.4 Å². The Balaban J connectivity index is 5.27. The van der Waals surface area contributed by atoms with Crippen LogP contribution in [0.5, 0.6) is 0 Å². The molecule has 0 amide bonds. The highest BCUT2D eigenvalue weighted by molar-refractivity contribution is 6.31. The fourth-order valence-corrected chi connectivity index (χ4v) is 1.30. The van der Waals surface area contributed by atoms with E-state index in [0.29, 0.717) is 6.21 Å². The van der Waals surface area contributed by atoms with Gasteiger partial charge in [-0.25, -0.2) is 6.57 Å². The van der Waals surface area contributed by atoms with Crippen LogP contribution in [0.1, 0.15) is 26.7 Å². The average molecular weight is 219 g/mol. The largest absolute Gasteiger partial charge is 0.361 e. The minimum atomic E-state index is -1.47. The number of rotatable bonds is 6. The molecule has 0 aromatic heterocycles. The lowest BCUT2D eigenvalue weighted by Crippen LogP contribution is -2.38. The van der Waals surface area contributed by atoms with Crippen LogP contribution in [0.15, 0.2) is 12.2 Å². The Labute approximate surface area is 94.2 Å². The lowest BCUT2D eigenvalue weighted by molar-refractivity contribution is -0.124. The predicted octanol–water partition coefficient (Wildman–Crippen LogP) is 1.46. The average Bonchev–Trinajstić information content (AvgIpc) is 2.24. The van der Waals surface area contributed by atoms with Gasteiger partial charge in [0.25, 0.3) is 0 Å². The smallest absolute Gasteiger partial charge is 0.331 e. The summed E-state index contributed by atoms with van der Waals surface area (Å²) in [6.45, 7) is 10.1. The molecule has 0 radical (unpaired) electrons. The van der Waals surface area contributed by atoms with Crippen LogP contribution in [0.4, 0.5) is 0 Å². The summed E-state index contributed by atoms with van der Waals surface area (Å²) in [5.41, 5.74) is 6.83. The van der Waals surface area contributed by atoms with Crippen molar-refractivity contribution in [3.05, 3.63) is 29.1 Å². The molecule has 0 fully saturated rings. The molecule has 84 valence electrons. The summed E-state index contributed by atoms with van der Waals surface area (Å²) >= 11 is 0. The zero-order chi connectivity index (χ0) is 12.6. The molecule has 1 atom stereocenters. The maximum Gasteiger partial charge on any atom is 0.331 e. The number of carbonyl (C=O) groups excluding carboxylic acids is 2. The molecule has 0 N–H and O–H groups in total. The molecule has 0 aromatic rings. The fraction of sp³-hybridized carbons (Fsp3) is 0.455. The van der Waals surface area contributed by atoms with Crippen molar-refractivity contribution in [1.29, 1.82) is 0 Å². The van der Waals surface area contributed by atoms with E-state index >= 15 is 0 Å². The van der Waals surface area contributed by atoms with Gasteiger partial charge in [-0.2, -0.15) is 4.79 Å². The van der Waals surface area contributed by atoms with Crippen molar-refractivity contribution in [2.45, 2.75) is 32.2 Å². The number of Topliss-reactive ketones (excluding diaryl/α,β-unsaturated/α-hetero) is 2. The normalized spacial score (nSPS) is 13.6. The Bertz CT molecular complexity index is 400. The van der Waals surface area contributed by atoms with Crippen LogP contribution in [-0.2, 0) is 9.59 Å². The van der Waals surface area contributed by atoms with Gasteiger partial charge in [-0.05, 0) is 13.8 Å². The molecule has 0 spiro atoms. The summed E-state index contributed by atoms with van der Waals surface area (Å²) < 4.78 is 0. The van der Waals surface area contributed by atoms with Gasteiger partial charge in [0.1, 0.15) is 5.78 Å². The van der Waals surface area contributed by atoms with Crippen LogP contribution < -0.4 is 0 Å². The number of ketones is 2. The monoisotopic (exact) mass is 219 g/mol. The third-order valence-corrected chi connectivity index (χ3v) is 2.08. The van der Waals surface area contributed by atoms with Crippen molar-refractivity contribution in [2.75, 3.05) is 0 Å². The zero-order valence-electron chi connectivity index (χ0n) is 9.30. The van der Waals surface area contributed by atoms with Crippen LogP contribution in [-0.4, -0.2) is 28.1 Å². The number of hydrogen-bond donors (Lipinski definition) is 0. The molecule has 0 aromatic carbocycles. The van der Waals surface area contributed by atoms with Crippen LogP contribution in [0.2, 0.25) is 0 Å². The first-order valence-electron chi connectivity index (χ1n) is 4.73. The molecule has 0 saturated carbocycles. The minimum Gasteiger partial charge on any atom is -0.361 e. The molecule has 0 rings (SSSR count). The molecule has 5 heteroatoms. The molecule has 0 heterocycles. The summed E-state index contributed by atoms with van der Waals surface area (Å²) in [6.07, 6.45) is 3.97. The van der Waals surface area contributed by atoms with Gasteiger partial charge in [0.15, 0.2) is 0 Å². The first-order chi connectivity index (χ1) is 7.52. The Kier molecular flexibility index (Phi) is 5.61. The summed E-state index contributed by atoms with van der Waals surface area (Å²) in [5, 5.41) is 0. The first-order valence-corrected chi connectivity index (χ1v) is 4.73. The molecule has 0 saturated heterocycles. The quantitative estimate of drug-likeness (QED) is 0.223. The molecular formula is C11H13N3O2. The van der Waals surface area contributed by atoms with Gasteiger partial charge in [0, 0.05) is 0 Å². The van der Waals surface area contributed by atoms with Crippen molar-refractivity contribution in [1.82, 2.24) is 0 Å². The Morgan fingerprint density at radius 2 is 2.12 bits per heavy atom. The standard InChI is InChI=1S/C11H13N3O2/c1-4-5-6-11(13-3,7-9(2)15)10(16)8-14-12/h4-5,8H,6-7H2,1-2H3/t11-/m1/s1. The van der Waals surface area contributed by atoms with E-state index in [1.807, 2.05) is 0 Å². The first kappa shape index (κ1) is 13.9. The second-order valence-electron chi connectivity index (χ2n) is 3.40. The third-order valence-electron chi connectivity index (χ3n) is 2.08. The topological polar surface area (TPSA) is 74.9 Å². The highest BCUT2D eigenvalue weighted by Gasteiger charge is 2.46. The van der Waals surface area contributed by atoms with E-state index in [1.165, 1.54) is 6.92 Å². The van der Waals surface area contributed by atoms with E-state index in [9.17, 15) is 9.59 Å². The van der Waals surface area contributed by atoms with Gasteiger partial charge >= 0.3 is 17.5 Å². The highest BCUT2D eigenvalue weighted by atomic mass is 16.1. The Morgan fingerprint density at radius 1 is 1.50 bits per heavy atom. The van der Waals surface area contributed by atoms with E-state index in [2.05, 4.69) is 9.63 Å². The van der Waals surface area contributed by atoms with Crippen molar-refractivity contribution in [2.24, 2.45) is 0 Å². The number of hydrogen-bond acceptors (Lipinski definition) is 2. The summed E-state index contributed by atoms with van der Waals surface area (Å²) in [4.78, 5) is 28.5. The Hall–Kier alpha value is -2.05. The van der Waals surface area contributed by atoms with Crippen molar-refractivity contribution >= 4 is 17.8 Å². The van der Waals surface area contributed by atoms with Crippen molar-refractivity contribution in [3.8, 4) is 0 Å². The number of nitrogens with zero attached hydrogens (tertiary/aromatic N) is 3. The third kappa shape index (κ3) is 3.60. The van der Waals surface area contributed by atoms with E-state index < -0.39 is 11.3 Å². The molecular weight excluding hydrogens is 206 g/mol. The number of allylic oxidation sites excluding steroid dienone is 1. The van der Waals surface area contributed by atoms with E-state index in [1.54, 1.807) is 19.1 Å². The van der Waals surface area contributed by atoms with Crippen LogP contribution in [0.3, 0.4) is 0 Å². The SMILES string of the molecule is [C-]#[N+][C@](CC=CC)(CC(C)=O)C(=O)C=[N+]=[N-]. The van der Waals surface area contributed by atoms with Gasteiger partial charge in [0.05, 0.1) is 12.8 Å². The van der Waals surface area contributed by atoms with Gasteiger partial charge < -0.3 is 10.4 Å². The van der Waals surface area contributed by atoms with E-state index in [4.69, 9.17) is 12.1 Å². The molecule has 0 aliphatic rings. The summed E-state index contributed by atoms with van der Waals surface area (Å²) in [5.74, 6) is -0.904. The molecule has 0 aliphatic heterocycles. The zero-order valence-corrected chi connectivity index (χ0v) is 9.30. The maximum atomic E-state index is 11.6. The lowest BCUT2D eigenvalue weighted by Gasteiger charge is -2.13. The van der Waals surface area contributed by atoms with Crippen LogP contribution in [0, 0.1) is 6.57 Å². The van der Waals surface area contributed by atoms with Gasteiger partial charge in [-0.1, -0.05) is 12.2 Å². The summed E-state index contributed by atoms with van der Waals surface area (Å²) in [7, 11) is 0. The van der Waals surface area contributed by atoms with Crippen LogP contribution >= 0.6 is 0 Å². The molecule has 0 unspecified atom stereocenters. The molecule has 0 aliphatic carbocycles. The van der Waals surface area contributed by atoms with Crippen molar-refractivity contribution < 1.29 is 14.4 Å². The second-order valence-corrected chi connectivity index (χ2v) is 3.40. The van der Waals surface area contributed by atoms with Gasteiger partial charge in [-0.15, -0.1) is 0 Å². The molecule has 16 heavy (non-hydrogen) atoms. The highest BCUT2D eigenvalue weighted by Crippen LogP contribution is 2.23. The predicted molar refractivity (Wildman–Crippen MR) is 58.8 cm³/mol. The number of carbonyl (C=O) groups is 2. The van der Waals surface area contributed by atoms with E-state index in [0.717, 1.165) is 0 Å². The lowest BCUT2D eigenvalue weighted by atomic mass is 9.86. The van der Waals surface area contributed by atoms with E-state index in [-0.39, 0.29) is 18.6 Å². The molecule has 0 bridgehead atoms. The molecule has 5 nitrogen and oxygen atoms in total. The summed E-state index contributed by atoms with van der Waals surface area (Å²) in [6, 6.07) is 0. The minimum absolute atomic E-state index is 0.136. The fourth-order valence-electron chi connectivity index (χ4n) is 1.30. The van der Waals surface area contributed by atoms with Gasteiger partial charge in [0.2, 0.25) is 0 Å². The van der Waals surface area contributed by atoms with Crippen molar-refractivity contribution in [3.63, 3.8) is 0 Å². The Morgan fingerprint density at radius 3 is 2.50 bits per heavy atom. The second kappa shape index (κ2) is 6.44.